The Morgan fingerprint density at radius 1 is 1.23 bits per heavy atom. The van der Waals surface area contributed by atoms with Crippen LogP contribution in [-0.2, 0) is 0 Å². The van der Waals surface area contributed by atoms with Gasteiger partial charge in [-0.1, -0.05) is 0 Å². The zero-order valence-corrected chi connectivity index (χ0v) is 8.79. The van der Waals surface area contributed by atoms with E-state index in [9.17, 15) is 10.4 Å². The molecule has 0 saturated heterocycles. The maximum atomic E-state index is 11.3. The first-order valence-corrected chi connectivity index (χ1v) is 4.20. The topological polar surface area (TPSA) is 76.7 Å². The zero-order chi connectivity index (χ0) is 10.6. The number of hydroxylamine groups is 2. The molecule has 0 aliphatic heterocycles. The second-order valence-corrected chi connectivity index (χ2v) is 3.62. The molecular formula is C7H18N4O2-2. The van der Waals surface area contributed by atoms with E-state index in [0.717, 1.165) is 0 Å². The van der Waals surface area contributed by atoms with Crippen molar-refractivity contribution in [2.75, 3.05) is 7.05 Å². The second-order valence-electron chi connectivity index (χ2n) is 3.62. The summed E-state index contributed by atoms with van der Waals surface area (Å²) in [6, 6.07) is -0.274. The molecule has 0 heterocycles. The summed E-state index contributed by atoms with van der Waals surface area (Å²) in [4.78, 5) is 0. The molecule has 0 rings (SSSR count). The van der Waals surface area contributed by atoms with Crippen molar-refractivity contribution in [1.29, 1.82) is 0 Å². The summed E-state index contributed by atoms with van der Waals surface area (Å²) in [7, 11) is 1.65. The van der Waals surface area contributed by atoms with Crippen LogP contribution < -0.4 is 10.9 Å². The summed E-state index contributed by atoms with van der Waals surface area (Å²) < 4.78 is 0. The lowest BCUT2D eigenvalue weighted by Crippen LogP contribution is -2.60. The Bertz CT molecular complexity index is 151. The molecule has 0 fully saturated rings. The minimum Gasteiger partial charge on any atom is -0.770 e. The van der Waals surface area contributed by atoms with Crippen molar-refractivity contribution in [2.24, 2.45) is 0 Å². The Morgan fingerprint density at radius 2 is 1.69 bits per heavy atom. The fourth-order valence-corrected chi connectivity index (χ4v) is 0.432. The Balaban J connectivity index is 4.06. The molecule has 6 heteroatoms. The fraction of sp³-hybridized carbons (Fsp3) is 1.00. The molecule has 0 aliphatic rings. The van der Waals surface area contributed by atoms with Gasteiger partial charge < -0.3 is 20.9 Å². The summed E-state index contributed by atoms with van der Waals surface area (Å²) in [6.45, 7) is 6.72. The van der Waals surface area contributed by atoms with E-state index in [-0.39, 0.29) is 6.04 Å². The number of nitrogens with zero attached hydrogens (tertiary/aromatic N) is 2. The number of hydrazine groups is 2. The smallest absolute Gasteiger partial charge is 0.0674 e. The van der Waals surface area contributed by atoms with Crippen LogP contribution in [0.2, 0.25) is 0 Å². The van der Waals surface area contributed by atoms with Crippen LogP contribution in [0.1, 0.15) is 27.7 Å². The van der Waals surface area contributed by atoms with E-state index >= 15 is 0 Å². The molecule has 0 atom stereocenters. The van der Waals surface area contributed by atoms with Crippen molar-refractivity contribution in [3.05, 3.63) is 10.4 Å². The number of hydrogen-bond acceptors (Lipinski definition) is 6. The predicted octanol–water partition coefficient (Wildman–Crippen LogP) is 0.369. The third-order valence-corrected chi connectivity index (χ3v) is 1.78. The Hall–Kier alpha value is -0.240. The fourth-order valence-electron chi connectivity index (χ4n) is 0.432. The quantitative estimate of drug-likeness (QED) is 0.482. The van der Waals surface area contributed by atoms with Crippen molar-refractivity contribution in [3.63, 3.8) is 0 Å². The van der Waals surface area contributed by atoms with Crippen LogP contribution in [-0.4, -0.2) is 29.1 Å². The molecule has 0 spiro atoms. The molecule has 0 unspecified atom stereocenters. The summed E-state index contributed by atoms with van der Waals surface area (Å²) in [5.41, 5.74) is 1.36. The molecule has 13 heavy (non-hydrogen) atoms. The van der Waals surface area contributed by atoms with E-state index in [1.54, 1.807) is 34.7 Å². The molecule has 0 aliphatic carbocycles. The monoisotopic (exact) mass is 190 g/mol. The van der Waals surface area contributed by atoms with Crippen molar-refractivity contribution in [1.82, 2.24) is 21.2 Å². The minimum absolute atomic E-state index is 0.274. The van der Waals surface area contributed by atoms with Crippen molar-refractivity contribution in [2.45, 2.75) is 39.4 Å². The number of nitrogens with one attached hydrogen (secondary N) is 2. The average molecular weight is 190 g/mol. The number of rotatable bonds is 5. The van der Waals surface area contributed by atoms with Crippen LogP contribution in [0.25, 0.3) is 0 Å². The first-order chi connectivity index (χ1) is 5.81. The first kappa shape index (κ1) is 12.8. The van der Waals surface area contributed by atoms with Crippen molar-refractivity contribution >= 4 is 0 Å². The second kappa shape index (κ2) is 4.85. The highest BCUT2D eigenvalue weighted by Crippen LogP contribution is 2.05. The van der Waals surface area contributed by atoms with Crippen LogP contribution >= 0.6 is 0 Å². The third kappa shape index (κ3) is 3.99. The van der Waals surface area contributed by atoms with Crippen LogP contribution in [0.5, 0.6) is 0 Å². The van der Waals surface area contributed by atoms with E-state index in [0.29, 0.717) is 10.3 Å². The molecule has 0 aromatic carbocycles. The van der Waals surface area contributed by atoms with E-state index in [4.69, 9.17) is 0 Å². The van der Waals surface area contributed by atoms with Crippen LogP contribution in [0.3, 0.4) is 0 Å². The van der Waals surface area contributed by atoms with Gasteiger partial charge in [0.15, 0.2) is 0 Å². The molecule has 80 valence electrons. The third-order valence-electron chi connectivity index (χ3n) is 1.78. The Labute approximate surface area is 79.0 Å². The average Bonchev–Trinajstić information content (AvgIpc) is 2.04. The maximum Gasteiger partial charge on any atom is 0.0674 e. The zero-order valence-electron chi connectivity index (χ0n) is 8.79. The molecule has 0 aromatic rings. The van der Waals surface area contributed by atoms with Crippen LogP contribution in [0, 0.1) is 10.4 Å². The van der Waals surface area contributed by atoms with Gasteiger partial charge in [-0.05, 0) is 34.7 Å². The highest BCUT2D eigenvalue weighted by Gasteiger charge is 2.16. The minimum atomic E-state index is -0.808. The molecule has 0 radical (unpaired) electrons. The highest BCUT2D eigenvalue weighted by molar-refractivity contribution is 4.74. The number of hydrogen-bond donors (Lipinski definition) is 2. The normalized spacial score (nSPS) is 13.4. The molecule has 2 N–H and O–H groups in total. The first-order valence-electron chi connectivity index (χ1n) is 4.20. The molecule has 6 nitrogen and oxygen atoms in total. The van der Waals surface area contributed by atoms with Gasteiger partial charge in [0.1, 0.15) is 0 Å². The van der Waals surface area contributed by atoms with Gasteiger partial charge >= 0.3 is 0 Å². The summed E-state index contributed by atoms with van der Waals surface area (Å²) in [6.07, 6.45) is 0. The van der Waals surface area contributed by atoms with Gasteiger partial charge in [0.05, 0.1) is 5.66 Å². The van der Waals surface area contributed by atoms with E-state index in [1.807, 2.05) is 0 Å². The molecule has 0 amide bonds. The van der Waals surface area contributed by atoms with E-state index in [1.165, 1.54) is 0 Å². The van der Waals surface area contributed by atoms with Gasteiger partial charge in [-0.3, -0.25) is 5.17 Å². The SMILES string of the molecule is CNC(C)(C)N([O-])NN([O-])C(C)C. The van der Waals surface area contributed by atoms with Gasteiger partial charge in [-0.15, -0.1) is 0 Å². The summed E-state index contributed by atoms with van der Waals surface area (Å²) in [5, 5.41) is 26.1. The van der Waals surface area contributed by atoms with E-state index in [2.05, 4.69) is 10.9 Å². The molecule has 0 bridgehead atoms. The maximum absolute atomic E-state index is 11.3. The van der Waals surface area contributed by atoms with Gasteiger partial charge in [0.25, 0.3) is 0 Å². The van der Waals surface area contributed by atoms with Gasteiger partial charge in [-0.2, -0.15) is 0 Å². The standard InChI is InChI=1S/C7H18N4O2/c1-6(2)10(12)9-11(13)7(3,4)8-5/h6,8-9H,1-5H3/q-2. The lowest BCUT2D eigenvalue weighted by molar-refractivity contribution is -0.00389. The molecule has 0 aromatic heterocycles. The van der Waals surface area contributed by atoms with Crippen molar-refractivity contribution in [3.8, 4) is 0 Å². The van der Waals surface area contributed by atoms with Gasteiger partial charge in [-0.25, -0.2) is 5.53 Å². The van der Waals surface area contributed by atoms with Crippen LogP contribution in [0.4, 0.5) is 0 Å². The van der Waals surface area contributed by atoms with Gasteiger partial charge in [0.2, 0.25) is 0 Å². The summed E-state index contributed by atoms with van der Waals surface area (Å²) >= 11 is 0. The Kier molecular flexibility index (Phi) is 4.76. The van der Waals surface area contributed by atoms with Crippen molar-refractivity contribution < 1.29 is 0 Å². The van der Waals surface area contributed by atoms with Gasteiger partial charge in [0, 0.05) is 6.04 Å². The summed E-state index contributed by atoms with van der Waals surface area (Å²) in [5.74, 6) is 0. The molecule has 0 saturated carbocycles. The van der Waals surface area contributed by atoms with E-state index < -0.39 is 5.66 Å². The lowest BCUT2D eigenvalue weighted by atomic mass is 10.3. The highest BCUT2D eigenvalue weighted by atomic mass is 16.6. The molecular weight excluding hydrogens is 172 g/mol. The predicted molar refractivity (Wildman–Crippen MR) is 51.8 cm³/mol. The largest absolute Gasteiger partial charge is 0.770 e. The van der Waals surface area contributed by atoms with Crippen LogP contribution in [0.15, 0.2) is 0 Å². The lowest BCUT2D eigenvalue weighted by Gasteiger charge is -2.49. The Morgan fingerprint density at radius 3 is 2.00 bits per heavy atom.